The van der Waals surface area contributed by atoms with Crippen molar-refractivity contribution >= 4 is 0 Å². The summed E-state index contributed by atoms with van der Waals surface area (Å²) in [6, 6.07) is 0.776. The Balaban J connectivity index is 1.62. The summed E-state index contributed by atoms with van der Waals surface area (Å²) in [6.45, 7) is 7.55. The third kappa shape index (κ3) is 2.31. The molecule has 3 rings (SSSR count). The fraction of sp³-hybridized carbons (Fsp3) is 1.00. The topological polar surface area (TPSA) is 41.7 Å². The standard InChI is InChI=1S/C14H27N3O/c15-11-14(5-3-9-18-12-14)17-8-4-13(10-17)16-6-1-2-7-16/h13H,1-12,15H2. The van der Waals surface area contributed by atoms with E-state index in [4.69, 9.17) is 10.5 Å². The average Bonchev–Trinajstić information content (AvgIpc) is 3.10. The number of nitrogens with two attached hydrogens (primary N) is 1. The van der Waals surface area contributed by atoms with Gasteiger partial charge >= 0.3 is 0 Å². The monoisotopic (exact) mass is 253 g/mol. The van der Waals surface area contributed by atoms with Gasteiger partial charge in [0.2, 0.25) is 0 Å². The second kappa shape index (κ2) is 5.45. The van der Waals surface area contributed by atoms with Crippen LogP contribution in [-0.4, -0.2) is 67.3 Å². The lowest BCUT2D eigenvalue weighted by Crippen LogP contribution is -2.58. The molecule has 3 saturated heterocycles. The van der Waals surface area contributed by atoms with Crippen LogP contribution in [0.15, 0.2) is 0 Å². The van der Waals surface area contributed by atoms with Gasteiger partial charge in [0.05, 0.1) is 12.1 Å². The van der Waals surface area contributed by atoms with Crippen molar-refractivity contribution in [1.82, 2.24) is 9.80 Å². The molecule has 0 radical (unpaired) electrons. The van der Waals surface area contributed by atoms with Crippen molar-refractivity contribution in [3.8, 4) is 0 Å². The Bertz CT molecular complexity index is 272. The molecule has 3 aliphatic heterocycles. The first-order chi connectivity index (χ1) is 8.84. The van der Waals surface area contributed by atoms with E-state index in [1.54, 1.807) is 0 Å². The highest BCUT2D eigenvalue weighted by Gasteiger charge is 2.42. The molecule has 0 saturated carbocycles. The van der Waals surface area contributed by atoms with Gasteiger partial charge in [-0.05, 0) is 45.2 Å². The lowest BCUT2D eigenvalue weighted by Gasteiger charge is -2.44. The van der Waals surface area contributed by atoms with Gasteiger partial charge in [-0.25, -0.2) is 0 Å². The summed E-state index contributed by atoms with van der Waals surface area (Å²) in [5.41, 5.74) is 6.23. The quantitative estimate of drug-likeness (QED) is 0.802. The molecular formula is C14H27N3O. The van der Waals surface area contributed by atoms with E-state index >= 15 is 0 Å². The summed E-state index contributed by atoms with van der Waals surface area (Å²) in [5, 5.41) is 0. The number of likely N-dealkylation sites (tertiary alicyclic amines) is 2. The minimum absolute atomic E-state index is 0.146. The minimum atomic E-state index is 0.146. The minimum Gasteiger partial charge on any atom is -0.379 e. The Morgan fingerprint density at radius 1 is 1.17 bits per heavy atom. The molecular weight excluding hydrogens is 226 g/mol. The van der Waals surface area contributed by atoms with E-state index in [-0.39, 0.29) is 5.54 Å². The van der Waals surface area contributed by atoms with Crippen LogP contribution in [-0.2, 0) is 4.74 Å². The van der Waals surface area contributed by atoms with Crippen molar-refractivity contribution in [3.63, 3.8) is 0 Å². The summed E-state index contributed by atoms with van der Waals surface area (Å²) in [5.74, 6) is 0. The van der Waals surface area contributed by atoms with E-state index in [0.29, 0.717) is 0 Å². The van der Waals surface area contributed by atoms with Gasteiger partial charge in [0, 0.05) is 32.3 Å². The number of hydrogen-bond acceptors (Lipinski definition) is 4. The summed E-state index contributed by atoms with van der Waals surface area (Å²) >= 11 is 0. The number of rotatable bonds is 3. The molecule has 18 heavy (non-hydrogen) atoms. The molecule has 2 N–H and O–H groups in total. The Morgan fingerprint density at radius 3 is 2.67 bits per heavy atom. The third-order valence-corrected chi connectivity index (χ3v) is 5.17. The molecule has 0 aromatic rings. The lowest BCUT2D eigenvalue weighted by atomic mass is 9.90. The fourth-order valence-electron chi connectivity index (χ4n) is 3.95. The molecule has 0 aromatic heterocycles. The van der Waals surface area contributed by atoms with E-state index in [9.17, 15) is 0 Å². The summed E-state index contributed by atoms with van der Waals surface area (Å²) in [7, 11) is 0. The lowest BCUT2D eigenvalue weighted by molar-refractivity contribution is -0.0375. The Labute approximate surface area is 110 Å². The van der Waals surface area contributed by atoms with Crippen LogP contribution in [0.4, 0.5) is 0 Å². The Hall–Kier alpha value is -0.160. The van der Waals surface area contributed by atoms with Crippen LogP contribution in [0.25, 0.3) is 0 Å². The Kier molecular flexibility index (Phi) is 3.89. The van der Waals surface area contributed by atoms with Crippen LogP contribution in [0, 0.1) is 0 Å². The van der Waals surface area contributed by atoms with Gasteiger partial charge in [0.15, 0.2) is 0 Å². The van der Waals surface area contributed by atoms with E-state index < -0.39 is 0 Å². The van der Waals surface area contributed by atoms with Crippen molar-refractivity contribution in [2.45, 2.75) is 43.7 Å². The van der Waals surface area contributed by atoms with Gasteiger partial charge in [0.25, 0.3) is 0 Å². The predicted molar refractivity (Wildman–Crippen MR) is 72.6 cm³/mol. The van der Waals surface area contributed by atoms with Gasteiger partial charge in [-0.1, -0.05) is 0 Å². The molecule has 4 nitrogen and oxygen atoms in total. The molecule has 0 aromatic carbocycles. The summed E-state index contributed by atoms with van der Waals surface area (Å²) in [6.07, 6.45) is 6.49. The molecule has 3 aliphatic rings. The number of nitrogens with zero attached hydrogens (tertiary/aromatic N) is 2. The molecule has 0 aliphatic carbocycles. The van der Waals surface area contributed by atoms with Crippen molar-refractivity contribution in [1.29, 1.82) is 0 Å². The average molecular weight is 253 g/mol. The zero-order valence-electron chi connectivity index (χ0n) is 11.4. The van der Waals surface area contributed by atoms with Gasteiger partial charge < -0.3 is 10.5 Å². The van der Waals surface area contributed by atoms with Crippen LogP contribution >= 0.6 is 0 Å². The normalized spacial score (nSPS) is 39.5. The first-order valence-electron chi connectivity index (χ1n) is 7.61. The maximum atomic E-state index is 6.08. The van der Waals surface area contributed by atoms with Crippen LogP contribution < -0.4 is 5.73 Å². The highest BCUT2D eigenvalue weighted by Crippen LogP contribution is 2.31. The van der Waals surface area contributed by atoms with Gasteiger partial charge in [-0.3, -0.25) is 9.80 Å². The predicted octanol–water partition coefficient (Wildman–Crippen LogP) is 0.664. The second-order valence-electron chi connectivity index (χ2n) is 6.22. The maximum absolute atomic E-state index is 6.08. The fourth-order valence-corrected chi connectivity index (χ4v) is 3.95. The van der Waals surface area contributed by atoms with E-state index in [2.05, 4.69) is 9.80 Å². The van der Waals surface area contributed by atoms with E-state index in [1.165, 1.54) is 58.3 Å². The van der Waals surface area contributed by atoms with Crippen LogP contribution in [0.2, 0.25) is 0 Å². The number of hydrogen-bond donors (Lipinski definition) is 1. The largest absolute Gasteiger partial charge is 0.379 e. The highest BCUT2D eigenvalue weighted by atomic mass is 16.5. The smallest absolute Gasteiger partial charge is 0.0662 e. The molecule has 2 atom stereocenters. The molecule has 0 amide bonds. The van der Waals surface area contributed by atoms with Crippen molar-refractivity contribution in [3.05, 3.63) is 0 Å². The van der Waals surface area contributed by atoms with Crippen LogP contribution in [0.3, 0.4) is 0 Å². The zero-order valence-corrected chi connectivity index (χ0v) is 11.4. The summed E-state index contributed by atoms with van der Waals surface area (Å²) in [4.78, 5) is 5.32. The molecule has 3 fully saturated rings. The van der Waals surface area contributed by atoms with Crippen molar-refractivity contribution < 1.29 is 4.74 Å². The SMILES string of the molecule is NCC1(N2CCC(N3CCCC3)C2)CCCOC1. The molecule has 2 unspecified atom stereocenters. The maximum Gasteiger partial charge on any atom is 0.0662 e. The molecule has 4 heteroatoms. The van der Waals surface area contributed by atoms with Crippen molar-refractivity contribution in [2.24, 2.45) is 5.73 Å². The highest BCUT2D eigenvalue weighted by molar-refractivity contribution is 4.99. The van der Waals surface area contributed by atoms with Crippen LogP contribution in [0.5, 0.6) is 0 Å². The molecule has 0 bridgehead atoms. The van der Waals surface area contributed by atoms with E-state index in [1.807, 2.05) is 0 Å². The molecule has 3 heterocycles. The second-order valence-corrected chi connectivity index (χ2v) is 6.22. The zero-order chi connectivity index (χ0) is 12.4. The molecule has 104 valence electrons. The van der Waals surface area contributed by atoms with Gasteiger partial charge in [-0.15, -0.1) is 0 Å². The number of ether oxygens (including phenoxy) is 1. The molecule has 0 spiro atoms. The van der Waals surface area contributed by atoms with Gasteiger partial charge in [-0.2, -0.15) is 0 Å². The Morgan fingerprint density at radius 2 is 2.00 bits per heavy atom. The first kappa shape index (κ1) is 12.9. The third-order valence-electron chi connectivity index (χ3n) is 5.17. The van der Waals surface area contributed by atoms with Gasteiger partial charge in [0.1, 0.15) is 0 Å². The summed E-state index contributed by atoms with van der Waals surface area (Å²) < 4.78 is 5.71. The van der Waals surface area contributed by atoms with Crippen LogP contribution in [0.1, 0.15) is 32.1 Å². The van der Waals surface area contributed by atoms with E-state index in [0.717, 1.165) is 25.8 Å². The first-order valence-corrected chi connectivity index (χ1v) is 7.61. The van der Waals surface area contributed by atoms with Crippen molar-refractivity contribution in [2.75, 3.05) is 45.9 Å².